The highest BCUT2D eigenvalue weighted by Gasteiger charge is 2.27. The molecule has 0 aliphatic carbocycles. The van der Waals surface area contributed by atoms with Crippen LogP contribution in [-0.4, -0.2) is 46.5 Å². The molecule has 1 N–H and O–H groups in total. The summed E-state index contributed by atoms with van der Waals surface area (Å²) in [6.45, 7) is 9.36. The number of phenolic OH excluding ortho intramolecular Hbond substituents is 1. The smallest absolute Gasteiger partial charge is 0.416 e. The zero-order valence-electron chi connectivity index (χ0n) is 19.7. The molecule has 1 unspecified atom stereocenters. The second-order valence-corrected chi connectivity index (χ2v) is 8.90. The summed E-state index contributed by atoms with van der Waals surface area (Å²) in [5.74, 6) is 0.0472. The minimum atomic E-state index is -0.706. The molecule has 0 fully saturated rings. The maximum Gasteiger partial charge on any atom is 0.416 e. The molecule has 0 radical (unpaired) electrons. The predicted molar refractivity (Wildman–Crippen MR) is 133 cm³/mol. The maximum absolute atomic E-state index is 14.1. The van der Waals surface area contributed by atoms with Crippen LogP contribution in [0.1, 0.15) is 37.5 Å². The highest BCUT2D eigenvalue weighted by molar-refractivity contribution is 6.07. The molecule has 0 saturated heterocycles. The number of allylic oxidation sites excluding steroid dienone is 1. The fraction of sp³-hybridized carbons (Fsp3) is 0.296. The van der Waals surface area contributed by atoms with E-state index >= 15 is 0 Å². The lowest BCUT2D eigenvalue weighted by Crippen LogP contribution is -2.42. The van der Waals surface area contributed by atoms with E-state index in [9.17, 15) is 14.3 Å². The van der Waals surface area contributed by atoms with Gasteiger partial charge in [0.25, 0.3) is 0 Å². The fourth-order valence-electron chi connectivity index (χ4n) is 3.43. The van der Waals surface area contributed by atoms with Crippen LogP contribution in [0.25, 0.3) is 0 Å². The molecule has 1 aliphatic rings. The van der Waals surface area contributed by atoms with E-state index in [0.717, 1.165) is 5.56 Å². The van der Waals surface area contributed by atoms with Crippen molar-refractivity contribution in [3.05, 3.63) is 89.8 Å². The third kappa shape index (κ3) is 6.88. The molecule has 178 valence electrons. The second kappa shape index (κ2) is 10.9. The topological polar surface area (TPSA) is 74.5 Å². The summed E-state index contributed by atoms with van der Waals surface area (Å²) in [6.07, 6.45) is 6.42. The third-order valence-electron chi connectivity index (χ3n) is 4.96. The van der Waals surface area contributed by atoms with Crippen molar-refractivity contribution in [1.29, 1.82) is 0 Å². The first-order valence-electron chi connectivity index (χ1n) is 11.1. The Labute approximate surface area is 199 Å². The van der Waals surface area contributed by atoms with Crippen molar-refractivity contribution in [2.45, 2.75) is 45.4 Å². The molecule has 0 spiro atoms. The van der Waals surface area contributed by atoms with Gasteiger partial charge < -0.3 is 9.84 Å². The average molecular weight is 464 g/mol. The summed E-state index contributed by atoms with van der Waals surface area (Å²) in [5, 5.41) is 10.5. The van der Waals surface area contributed by atoms with Crippen LogP contribution in [0.4, 0.5) is 9.18 Å². The molecule has 0 aromatic heterocycles. The number of amidine groups is 1. The number of hydrogen-bond donors (Lipinski definition) is 1. The summed E-state index contributed by atoms with van der Waals surface area (Å²) < 4.78 is 19.7. The number of rotatable bonds is 5. The lowest BCUT2D eigenvalue weighted by molar-refractivity contribution is 0.0384. The Kier molecular flexibility index (Phi) is 7.99. The number of carbonyl (C=O) groups is 1. The Morgan fingerprint density at radius 3 is 2.74 bits per heavy atom. The third-order valence-corrected chi connectivity index (χ3v) is 4.96. The van der Waals surface area contributed by atoms with E-state index in [-0.39, 0.29) is 18.1 Å². The van der Waals surface area contributed by atoms with E-state index in [4.69, 9.17) is 4.74 Å². The van der Waals surface area contributed by atoms with E-state index < -0.39 is 17.9 Å². The number of amides is 1. The predicted octanol–water partition coefficient (Wildman–Crippen LogP) is 5.45. The number of aliphatic imine (C=N–C) groups is 2. The standard InChI is InChI=1S/C27H30FN3O3/c1-5-24-29-14-8-9-15-31(26(33)34-27(2,3)4)25(30-24)21-16-19(17-22(32)18-21)12-13-20-10-6-7-11-23(20)28/h5-11,14,16-18,24,32H,1,12-13,15H2,2-4H3/b9-8-,29-14-,30-25-. The van der Waals surface area contributed by atoms with Crippen LogP contribution in [0.3, 0.4) is 0 Å². The molecule has 3 rings (SSSR count). The van der Waals surface area contributed by atoms with Crippen molar-refractivity contribution in [2.24, 2.45) is 9.98 Å². The Bertz CT molecular complexity index is 1130. The van der Waals surface area contributed by atoms with Gasteiger partial charge in [0, 0.05) is 18.3 Å². The van der Waals surface area contributed by atoms with Crippen molar-refractivity contribution >= 4 is 18.1 Å². The number of hydrogen-bond acceptors (Lipinski definition) is 5. The zero-order chi connectivity index (χ0) is 24.7. The number of aromatic hydroxyl groups is 1. The minimum Gasteiger partial charge on any atom is -0.508 e. The van der Waals surface area contributed by atoms with E-state index in [1.54, 1.807) is 69.5 Å². The fourth-order valence-corrected chi connectivity index (χ4v) is 3.43. The Morgan fingerprint density at radius 1 is 1.26 bits per heavy atom. The van der Waals surface area contributed by atoms with Crippen LogP contribution < -0.4 is 0 Å². The molecule has 7 heteroatoms. The molecule has 1 atom stereocenters. The number of carbonyl (C=O) groups excluding carboxylic acids is 1. The van der Waals surface area contributed by atoms with Crippen LogP contribution >= 0.6 is 0 Å². The van der Waals surface area contributed by atoms with Gasteiger partial charge in [0.15, 0.2) is 6.17 Å². The number of phenols is 1. The van der Waals surface area contributed by atoms with Gasteiger partial charge in [-0.15, -0.1) is 0 Å². The van der Waals surface area contributed by atoms with Crippen molar-refractivity contribution in [1.82, 2.24) is 4.90 Å². The molecule has 2 aromatic carbocycles. The molecular weight excluding hydrogens is 433 g/mol. The van der Waals surface area contributed by atoms with Crippen molar-refractivity contribution in [3.8, 4) is 5.75 Å². The maximum atomic E-state index is 14.1. The normalized spacial score (nSPS) is 19.7. The number of benzene rings is 2. The van der Waals surface area contributed by atoms with Crippen molar-refractivity contribution in [3.63, 3.8) is 0 Å². The second-order valence-electron chi connectivity index (χ2n) is 8.90. The zero-order valence-corrected chi connectivity index (χ0v) is 19.7. The Hall–Kier alpha value is -3.74. The van der Waals surface area contributed by atoms with Crippen molar-refractivity contribution < 1.29 is 19.0 Å². The molecule has 6 nitrogen and oxygen atoms in total. The molecule has 1 amide bonds. The number of ether oxygens (including phenoxy) is 1. The highest BCUT2D eigenvalue weighted by atomic mass is 19.1. The van der Waals surface area contributed by atoms with Crippen LogP contribution in [-0.2, 0) is 17.6 Å². The Morgan fingerprint density at radius 2 is 2.03 bits per heavy atom. The van der Waals surface area contributed by atoms with Crippen molar-refractivity contribution in [2.75, 3.05) is 6.54 Å². The first-order valence-corrected chi connectivity index (χ1v) is 11.1. The van der Waals surface area contributed by atoms with Gasteiger partial charge in [-0.3, -0.25) is 9.89 Å². The van der Waals surface area contributed by atoms with E-state index in [1.165, 1.54) is 17.0 Å². The van der Waals surface area contributed by atoms with Gasteiger partial charge >= 0.3 is 6.09 Å². The summed E-state index contributed by atoms with van der Waals surface area (Å²) in [7, 11) is 0. The monoisotopic (exact) mass is 463 g/mol. The minimum absolute atomic E-state index is 0.0157. The Balaban J connectivity index is 2.01. The molecule has 0 saturated carbocycles. The van der Waals surface area contributed by atoms with E-state index in [1.807, 2.05) is 6.07 Å². The lowest BCUT2D eigenvalue weighted by Gasteiger charge is -2.28. The summed E-state index contributed by atoms with van der Waals surface area (Å²) in [4.78, 5) is 23.5. The van der Waals surface area contributed by atoms with Gasteiger partial charge in [0.2, 0.25) is 0 Å². The molecule has 1 aliphatic heterocycles. The first-order chi connectivity index (χ1) is 16.2. The van der Waals surface area contributed by atoms with Gasteiger partial charge in [-0.25, -0.2) is 14.2 Å². The van der Waals surface area contributed by atoms with Crippen LogP contribution in [0.5, 0.6) is 5.75 Å². The SMILES string of the molecule is C=CC1/N=C\C=C/CN(C(=O)OC(C)(C)C)/C(c2cc(O)cc(CCc3ccccc3F)c2)=N\1. The van der Waals surface area contributed by atoms with Gasteiger partial charge in [-0.05, 0) is 81.2 Å². The highest BCUT2D eigenvalue weighted by Crippen LogP contribution is 2.22. The van der Waals surface area contributed by atoms with Gasteiger partial charge in [0.05, 0.1) is 0 Å². The average Bonchev–Trinajstić information content (AvgIpc) is 2.87. The van der Waals surface area contributed by atoms with Crippen LogP contribution in [0, 0.1) is 5.82 Å². The first kappa shape index (κ1) is 24.9. The van der Waals surface area contributed by atoms with Gasteiger partial charge in [0.1, 0.15) is 23.0 Å². The van der Waals surface area contributed by atoms with E-state index in [2.05, 4.69) is 16.6 Å². The summed E-state index contributed by atoms with van der Waals surface area (Å²) in [6, 6.07) is 11.6. The van der Waals surface area contributed by atoms with Gasteiger partial charge in [-0.2, -0.15) is 0 Å². The summed E-state index contributed by atoms with van der Waals surface area (Å²) >= 11 is 0. The molecule has 0 bridgehead atoms. The largest absolute Gasteiger partial charge is 0.508 e. The molecule has 34 heavy (non-hydrogen) atoms. The molecular formula is C27H30FN3O3. The van der Waals surface area contributed by atoms with Gasteiger partial charge in [-0.1, -0.05) is 30.9 Å². The van der Waals surface area contributed by atoms with Crippen LogP contribution in [0.15, 0.2) is 77.3 Å². The quantitative estimate of drug-likeness (QED) is 0.599. The molecule has 1 heterocycles. The van der Waals surface area contributed by atoms with E-state index in [0.29, 0.717) is 29.8 Å². The number of aryl methyl sites for hydroxylation is 2. The lowest BCUT2D eigenvalue weighted by atomic mass is 10.0. The number of halogens is 1. The van der Waals surface area contributed by atoms with Crippen LogP contribution in [0.2, 0.25) is 0 Å². The summed E-state index contributed by atoms with van der Waals surface area (Å²) in [5.41, 5.74) is 1.18. The number of nitrogens with zero attached hydrogens (tertiary/aromatic N) is 3. The molecule has 2 aromatic rings.